The van der Waals surface area contributed by atoms with Gasteiger partial charge in [0.25, 0.3) is 0 Å². The summed E-state index contributed by atoms with van der Waals surface area (Å²) in [5.41, 5.74) is 0.259. The molecule has 0 N–H and O–H groups in total. The lowest BCUT2D eigenvalue weighted by molar-refractivity contribution is -0.389. The van der Waals surface area contributed by atoms with Crippen LogP contribution in [-0.4, -0.2) is 22.5 Å². The highest BCUT2D eigenvalue weighted by atomic mass is 35.5. The molecule has 0 spiro atoms. The number of hydrogen-bond donors (Lipinski definition) is 0. The van der Waals surface area contributed by atoms with Crippen molar-refractivity contribution in [3.05, 3.63) is 33.0 Å². The smallest absolute Gasteiger partial charge is 0.382 e. The van der Waals surface area contributed by atoms with Crippen LogP contribution in [-0.2, 0) is 16.0 Å². The molecule has 0 fully saturated rings. The minimum Gasteiger partial charge on any atom is -0.466 e. The third kappa shape index (κ3) is 3.16. The average molecular weight is 245 g/mol. The van der Waals surface area contributed by atoms with Gasteiger partial charge in [-0.1, -0.05) is 11.6 Å². The van der Waals surface area contributed by atoms with Gasteiger partial charge in [0.1, 0.15) is 11.4 Å². The van der Waals surface area contributed by atoms with Crippen molar-refractivity contribution in [1.29, 1.82) is 0 Å². The molecule has 0 aliphatic heterocycles. The maximum absolute atomic E-state index is 11.1. The van der Waals surface area contributed by atoms with Gasteiger partial charge in [0.05, 0.1) is 6.61 Å². The van der Waals surface area contributed by atoms with E-state index in [1.165, 1.54) is 12.1 Å². The third-order valence-electron chi connectivity index (χ3n) is 1.69. The summed E-state index contributed by atoms with van der Waals surface area (Å²) >= 11 is 5.57. The van der Waals surface area contributed by atoms with E-state index in [0.717, 1.165) is 0 Å². The number of nitrogens with zero attached hydrogens (tertiary/aromatic N) is 2. The van der Waals surface area contributed by atoms with Crippen LogP contribution in [0.2, 0.25) is 5.02 Å². The summed E-state index contributed by atoms with van der Waals surface area (Å²) in [6.45, 7) is 1.93. The Labute approximate surface area is 96.3 Å². The Morgan fingerprint density at radius 1 is 1.62 bits per heavy atom. The Balaban J connectivity index is 2.87. The number of aromatic nitrogens is 1. The monoisotopic (exact) mass is 244 g/mol. The molecule has 1 heterocycles. The van der Waals surface area contributed by atoms with Crippen molar-refractivity contribution in [2.45, 2.75) is 13.3 Å². The molecule has 1 rings (SSSR count). The predicted molar refractivity (Wildman–Crippen MR) is 56.2 cm³/mol. The molecule has 6 nitrogen and oxygen atoms in total. The highest BCUT2D eigenvalue weighted by Gasteiger charge is 2.18. The maximum atomic E-state index is 11.1. The molecular formula is C9H9ClN2O4. The summed E-state index contributed by atoms with van der Waals surface area (Å²) in [7, 11) is 0. The largest absolute Gasteiger partial charge is 0.466 e. The second kappa shape index (κ2) is 5.41. The van der Waals surface area contributed by atoms with Crippen molar-refractivity contribution in [1.82, 2.24) is 4.98 Å². The molecule has 0 bridgehead atoms. The second-order valence-electron chi connectivity index (χ2n) is 2.85. The van der Waals surface area contributed by atoms with E-state index in [1.54, 1.807) is 6.92 Å². The Hall–Kier alpha value is -1.69. The van der Waals surface area contributed by atoms with Gasteiger partial charge in [0, 0.05) is 0 Å². The van der Waals surface area contributed by atoms with Crippen LogP contribution in [0.3, 0.4) is 0 Å². The number of hydrogen-bond acceptors (Lipinski definition) is 5. The first-order chi connectivity index (χ1) is 7.54. The van der Waals surface area contributed by atoms with Crippen LogP contribution in [0.5, 0.6) is 0 Å². The lowest BCUT2D eigenvalue weighted by Crippen LogP contribution is -2.09. The zero-order valence-electron chi connectivity index (χ0n) is 8.47. The zero-order chi connectivity index (χ0) is 12.1. The van der Waals surface area contributed by atoms with E-state index in [-0.39, 0.29) is 23.7 Å². The fraction of sp³-hybridized carbons (Fsp3) is 0.333. The van der Waals surface area contributed by atoms with Gasteiger partial charge in [-0.25, -0.2) is 0 Å². The van der Waals surface area contributed by atoms with Crippen LogP contribution in [0.15, 0.2) is 12.1 Å². The van der Waals surface area contributed by atoms with Crippen LogP contribution >= 0.6 is 11.6 Å². The van der Waals surface area contributed by atoms with Gasteiger partial charge in [0.2, 0.25) is 0 Å². The van der Waals surface area contributed by atoms with Crippen LogP contribution in [0.4, 0.5) is 5.82 Å². The first kappa shape index (κ1) is 12.4. The van der Waals surface area contributed by atoms with Crippen LogP contribution in [0.1, 0.15) is 12.6 Å². The summed E-state index contributed by atoms with van der Waals surface area (Å²) in [6, 6.07) is 2.79. The van der Waals surface area contributed by atoms with Crippen LogP contribution < -0.4 is 0 Å². The summed E-state index contributed by atoms with van der Waals surface area (Å²) < 4.78 is 4.69. The normalized spacial score (nSPS) is 9.88. The number of nitro groups is 1. The lowest BCUT2D eigenvalue weighted by atomic mass is 10.3. The Kier molecular flexibility index (Phi) is 4.19. The molecule has 7 heteroatoms. The Morgan fingerprint density at radius 3 is 2.88 bits per heavy atom. The molecule has 0 atom stereocenters. The molecule has 0 saturated heterocycles. The minimum atomic E-state index is -0.697. The quantitative estimate of drug-likeness (QED) is 0.458. The summed E-state index contributed by atoms with van der Waals surface area (Å²) in [6.07, 6.45) is -0.105. The standard InChI is InChI=1S/C9H9ClN2O4/c1-2-16-8(13)5-6-3-4-7(10)9(11-6)12(14)15/h3-4H,2,5H2,1H3. The van der Waals surface area contributed by atoms with E-state index in [1.807, 2.05) is 0 Å². The number of pyridine rings is 1. The second-order valence-corrected chi connectivity index (χ2v) is 3.25. The van der Waals surface area contributed by atoms with Crippen molar-refractivity contribution in [2.24, 2.45) is 0 Å². The molecule has 0 amide bonds. The number of rotatable bonds is 4. The number of ether oxygens (including phenoxy) is 1. The topological polar surface area (TPSA) is 82.3 Å². The summed E-state index contributed by atoms with van der Waals surface area (Å²) in [4.78, 5) is 24.6. The average Bonchev–Trinajstić information content (AvgIpc) is 2.21. The molecule has 0 aliphatic rings. The van der Waals surface area contributed by atoms with Gasteiger partial charge < -0.3 is 14.9 Å². The molecular weight excluding hydrogens is 236 g/mol. The lowest BCUT2D eigenvalue weighted by Gasteiger charge is -1.99. The minimum absolute atomic E-state index is 0.0578. The van der Waals surface area contributed by atoms with E-state index in [4.69, 9.17) is 16.3 Å². The van der Waals surface area contributed by atoms with Crippen molar-refractivity contribution >= 4 is 23.4 Å². The first-order valence-corrected chi connectivity index (χ1v) is 4.87. The number of carbonyl (C=O) groups is 1. The van der Waals surface area contributed by atoms with Gasteiger partial charge in [-0.05, 0) is 29.0 Å². The summed E-state index contributed by atoms with van der Waals surface area (Å²) in [5, 5.41) is 10.5. The molecule has 0 saturated carbocycles. The van der Waals surface area contributed by atoms with Crippen LogP contribution in [0, 0.1) is 10.1 Å². The molecule has 86 valence electrons. The molecule has 1 aromatic heterocycles. The van der Waals surface area contributed by atoms with Gasteiger partial charge in [-0.3, -0.25) is 4.79 Å². The molecule has 0 aromatic carbocycles. The number of esters is 1. The van der Waals surface area contributed by atoms with Crippen molar-refractivity contribution in [3.63, 3.8) is 0 Å². The van der Waals surface area contributed by atoms with Gasteiger partial charge >= 0.3 is 11.8 Å². The molecule has 16 heavy (non-hydrogen) atoms. The molecule has 0 unspecified atom stereocenters. The van der Waals surface area contributed by atoms with E-state index in [9.17, 15) is 14.9 Å². The predicted octanol–water partition coefficient (Wildman–Crippen LogP) is 1.75. The van der Waals surface area contributed by atoms with E-state index in [2.05, 4.69) is 4.98 Å². The fourth-order valence-electron chi connectivity index (χ4n) is 1.06. The van der Waals surface area contributed by atoms with Gasteiger partial charge in [-0.2, -0.15) is 0 Å². The van der Waals surface area contributed by atoms with E-state index >= 15 is 0 Å². The number of halogens is 1. The van der Waals surface area contributed by atoms with E-state index in [0.29, 0.717) is 0 Å². The molecule has 0 aliphatic carbocycles. The van der Waals surface area contributed by atoms with Crippen molar-refractivity contribution in [3.8, 4) is 0 Å². The van der Waals surface area contributed by atoms with Crippen molar-refractivity contribution < 1.29 is 14.5 Å². The Bertz CT molecular complexity index is 422. The SMILES string of the molecule is CCOC(=O)Cc1ccc(Cl)c([N+](=O)[O-])n1. The maximum Gasteiger partial charge on any atom is 0.382 e. The van der Waals surface area contributed by atoms with Crippen molar-refractivity contribution in [2.75, 3.05) is 6.61 Å². The van der Waals surface area contributed by atoms with Gasteiger partial charge in [-0.15, -0.1) is 0 Å². The fourth-order valence-corrected chi connectivity index (χ4v) is 1.23. The van der Waals surface area contributed by atoms with E-state index < -0.39 is 16.7 Å². The first-order valence-electron chi connectivity index (χ1n) is 4.50. The highest BCUT2D eigenvalue weighted by Crippen LogP contribution is 2.21. The highest BCUT2D eigenvalue weighted by molar-refractivity contribution is 6.32. The Morgan fingerprint density at radius 2 is 2.31 bits per heavy atom. The van der Waals surface area contributed by atoms with Crippen LogP contribution in [0.25, 0.3) is 0 Å². The molecule has 0 radical (unpaired) electrons. The number of carbonyl (C=O) groups excluding carboxylic acids is 1. The summed E-state index contributed by atoms with van der Waals surface area (Å²) in [5.74, 6) is -0.935. The third-order valence-corrected chi connectivity index (χ3v) is 1.98. The molecule has 1 aromatic rings. The zero-order valence-corrected chi connectivity index (χ0v) is 9.23. The van der Waals surface area contributed by atoms with Gasteiger partial charge in [0.15, 0.2) is 5.69 Å².